The molecule has 4 atom stereocenters. The summed E-state index contributed by atoms with van der Waals surface area (Å²) in [5.41, 5.74) is 8.13. The van der Waals surface area contributed by atoms with E-state index < -0.39 is 0 Å². The van der Waals surface area contributed by atoms with Crippen LogP contribution < -0.4 is 5.73 Å². The normalized spacial score (nSPS) is 22.4. The molecular weight excluding hydrogens is 616 g/mol. The number of hydrogen-bond donors (Lipinski definition) is 3. The molecule has 2 heterocycles. The molecule has 49 heavy (non-hydrogen) atoms. The van der Waals surface area contributed by atoms with Crippen LogP contribution in [0.4, 0.5) is 0 Å². The zero-order valence-corrected chi connectivity index (χ0v) is 30.5. The minimum absolute atomic E-state index is 0.0469. The van der Waals surface area contributed by atoms with Gasteiger partial charge in [0.25, 0.3) is 0 Å². The van der Waals surface area contributed by atoms with Crippen LogP contribution in [0.25, 0.3) is 0 Å². The fraction of sp³-hybridized carbons (Fsp3) is 0.744. The quantitative estimate of drug-likeness (QED) is 0.0704. The maximum Gasteiger partial charge on any atom is 0.107 e. The summed E-state index contributed by atoms with van der Waals surface area (Å²) in [4.78, 5) is 7.19. The Hall–Kier alpha value is -2.36. The highest BCUT2D eigenvalue weighted by Crippen LogP contribution is 2.53. The number of amidine groups is 2. The monoisotopic (exact) mass is 680 g/mol. The molecule has 0 amide bonds. The lowest BCUT2D eigenvalue weighted by Gasteiger charge is -2.53. The molecule has 4 unspecified atom stereocenters. The molecule has 0 bridgehead atoms. The first-order chi connectivity index (χ1) is 23.7. The van der Waals surface area contributed by atoms with Crippen molar-refractivity contribution in [1.29, 1.82) is 10.8 Å². The van der Waals surface area contributed by atoms with E-state index in [0.29, 0.717) is 75.4 Å². The number of nitrogens with two attached hydrogens (primary N) is 1. The summed E-state index contributed by atoms with van der Waals surface area (Å²) in [5, 5.41) is 17.9. The topological polar surface area (TPSA) is 120 Å². The van der Waals surface area contributed by atoms with Crippen LogP contribution in [0.15, 0.2) is 30.3 Å². The van der Waals surface area contributed by atoms with E-state index in [2.05, 4.69) is 53.8 Å². The maximum absolute atomic E-state index is 9.23. The van der Waals surface area contributed by atoms with Crippen molar-refractivity contribution in [2.45, 2.75) is 96.3 Å². The van der Waals surface area contributed by atoms with Crippen LogP contribution in [0.5, 0.6) is 0 Å². The Balaban J connectivity index is 1.10. The number of ether oxygens (including phenoxy) is 4. The van der Waals surface area contributed by atoms with E-state index in [4.69, 9.17) is 36.5 Å². The molecule has 10 nitrogen and oxygen atoms in total. The fourth-order valence-corrected chi connectivity index (χ4v) is 8.20. The number of piperidine rings is 1. The van der Waals surface area contributed by atoms with Crippen LogP contribution in [0.1, 0.15) is 83.7 Å². The van der Waals surface area contributed by atoms with Gasteiger partial charge in [-0.3, -0.25) is 15.7 Å². The van der Waals surface area contributed by atoms with E-state index in [0.717, 1.165) is 58.5 Å². The largest absolute Gasteiger partial charge is 0.378 e. The van der Waals surface area contributed by atoms with Crippen molar-refractivity contribution in [2.75, 3.05) is 79.0 Å². The maximum atomic E-state index is 9.23. The molecule has 1 spiro atoms. The van der Waals surface area contributed by atoms with Gasteiger partial charge >= 0.3 is 0 Å². The molecule has 4 rings (SSSR count). The Bertz CT molecular complexity index is 1160. The molecule has 1 aromatic carbocycles. The first-order valence-corrected chi connectivity index (χ1v) is 18.7. The molecule has 2 aliphatic heterocycles. The highest BCUT2D eigenvalue weighted by atomic mass is 16.6. The van der Waals surface area contributed by atoms with Crippen molar-refractivity contribution in [3.63, 3.8) is 0 Å². The van der Waals surface area contributed by atoms with Crippen LogP contribution in [0.3, 0.4) is 0 Å². The molecule has 10 heteroatoms. The van der Waals surface area contributed by atoms with Crippen LogP contribution in [-0.2, 0) is 18.9 Å². The van der Waals surface area contributed by atoms with Crippen molar-refractivity contribution in [3.8, 4) is 12.3 Å². The number of nitrogens with zero attached hydrogens (tertiary/aromatic N) is 3. The molecule has 4 N–H and O–H groups in total. The van der Waals surface area contributed by atoms with Crippen LogP contribution >= 0.6 is 0 Å². The van der Waals surface area contributed by atoms with Crippen molar-refractivity contribution in [3.05, 3.63) is 35.9 Å². The van der Waals surface area contributed by atoms with Gasteiger partial charge in [0, 0.05) is 43.2 Å². The minimum atomic E-state index is 0.0469. The lowest BCUT2D eigenvalue weighted by atomic mass is 9.57. The molecule has 3 aliphatic rings. The third-order valence-electron chi connectivity index (χ3n) is 11.1. The second-order valence-corrected chi connectivity index (χ2v) is 14.6. The molecule has 1 aliphatic carbocycles. The Labute approximate surface area is 296 Å². The van der Waals surface area contributed by atoms with Gasteiger partial charge in [0.15, 0.2) is 0 Å². The smallest absolute Gasteiger partial charge is 0.107 e. The van der Waals surface area contributed by atoms with Crippen molar-refractivity contribution >= 4 is 11.7 Å². The van der Waals surface area contributed by atoms with E-state index in [1.165, 1.54) is 31.2 Å². The number of terminal acetylenes is 1. The lowest BCUT2D eigenvalue weighted by molar-refractivity contribution is -0.0143. The van der Waals surface area contributed by atoms with Crippen LogP contribution in [0, 0.1) is 34.5 Å². The second kappa shape index (κ2) is 20.5. The Morgan fingerprint density at radius 3 is 2.18 bits per heavy atom. The highest BCUT2D eigenvalue weighted by Gasteiger charge is 2.48. The van der Waals surface area contributed by atoms with Gasteiger partial charge in [-0.1, -0.05) is 36.3 Å². The van der Waals surface area contributed by atoms with Gasteiger partial charge in [-0.15, -0.1) is 6.42 Å². The average molecular weight is 681 g/mol. The standard InChI is InChI=1S/C39H64N6O4/c1-5-20-46-22-24-48-26-27-49-25-23-47-21-19-43-17-14-39(15-18-43)29-35(30-39)38(42)45(33(4)40)32(3)28-36-12-11-31(2)44(36)16-13-37(41)34-9-7-6-8-10-34/h1,6-10,31-32,35-37,40,42H,11-30,41H2,2-4H3. The lowest BCUT2D eigenvalue weighted by Crippen LogP contribution is -2.54. The fourth-order valence-electron chi connectivity index (χ4n) is 8.20. The van der Waals surface area contributed by atoms with Gasteiger partial charge < -0.3 is 34.5 Å². The molecule has 1 aromatic rings. The van der Waals surface area contributed by atoms with Gasteiger partial charge in [0.05, 0.1) is 52.1 Å². The molecular formula is C39H64N6O4. The number of rotatable bonds is 21. The molecule has 274 valence electrons. The second-order valence-electron chi connectivity index (χ2n) is 14.6. The van der Waals surface area contributed by atoms with Crippen molar-refractivity contribution in [2.24, 2.45) is 17.1 Å². The van der Waals surface area contributed by atoms with Crippen LogP contribution in [0.2, 0.25) is 0 Å². The summed E-state index contributed by atoms with van der Waals surface area (Å²) in [7, 11) is 0. The average Bonchev–Trinajstić information content (AvgIpc) is 3.43. The summed E-state index contributed by atoms with van der Waals surface area (Å²) in [6.07, 6.45) is 14.0. The zero-order valence-electron chi connectivity index (χ0n) is 30.5. The molecule has 1 saturated carbocycles. The molecule has 2 saturated heterocycles. The summed E-state index contributed by atoms with van der Waals surface area (Å²) in [5.74, 6) is 3.84. The van der Waals surface area contributed by atoms with E-state index in [1.807, 2.05) is 17.9 Å². The van der Waals surface area contributed by atoms with Gasteiger partial charge in [-0.25, -0.2) is 0 Å². The van der Waals surface area contributed by atoms with E-state index in [-0.39, 0.29) is 18.0 Å². The third kappa shape index (κ3) is 12.1. The van der Waals surface area contributed by atoms with Crippen LogP contribution in [-0.4, -0.2) is 124 Å². The minimum Gasteiger partial charge on any atom is -0.378 e. The number of likely N-dealkylation sites (tertiary alicyclic amines) is 2. The Morgan fingerprint density at radius 2 is 1.57 bits per heavy atom. The van der Waals surface area contributed by atoms with Gasteiger partial charge in [-0.05, 0) is 96.2 Å². The first-order valence-electron chi connectivity index (χ1n) is 18.7. The van der Waals surface area contributed by atoms with Gasteiger partial charge in [0.1, 0.15) is 12.4 Å². The van der Waals surface area contributed by atoms with Crippen molar-refractivity contribution in [1.82, 2.24) is 14.7 Å². The summed E-state index contributed by atoms with van der Waals surface area (Å²) < 4.78 is 22.0. The van der Waals surface area contributed by atoms with E-state index in [1.54, 1.807) is 0 Å². The summed E-state index contributed by atoms with van der Waals surface area (Å²) in [6, 6.07) is 11.6. The first kappa shape index (κ1) is 39.4. The summed E-state index contributed by atoms with van der Waals surface area (Å²) in [6.45, 7) is 14.8. The van der Waals surface area contributed by atoms with E-state index in [9.17, 15) is 5.41 Å². The van der Waals surface area contributed by atoms with Gasteiger partial charge in [0.2, 0.25) is 0 Å². The third-order valence-corrected chi connectivity index (χ3v) is 11.1. The summed E-state index contributed by atoms with van der Waals surface area (Å²) >= 11 is 0. The Morgan fingerprint density at radius 1 is 0.959 bits per heavy atom. The highest BCUT2D eigenvalue weighted by molar-refractivity contribution is 5.98. The van der Waals surface area contributed by atoms with E-state index >= 15 is 0 Å². The number of benzene rings is 1. The molecule has 3 fully saturated rings. The molecule has 0 aromatic heterocycles. The zero-order chi connectivity index (χ0) is 35.1. The van der Waals surface area contributed by atoms with Gasteiger partial charge in [-0.2, -0.15) is 0 Å². The SMILES string of the molecule is C#CCOCCOCCOCCOCCN1CCC2(CC1)CC(C(=N)N(C(C)=N)C(C)CC1CCC(C)N1CCC(N)c1ccccc1)C2. The predicted octanol–water partition coefficient (Wildman–Crippen LogP) is 5.18. The van der Waals surface area contributed by atoms with Crippen molar-refractivity contribution < 1.29 is 18.9 Å². The predicted molar refractivity (Wildman–Crippen MR) is 197 cm³/mol. The Kier molecular flexibility index (Phi) is 16.5. The number of hydrogen-bond acceptors (Lipinski definition) is 9. The molecule has 0 radical (unpaired) electrons. The number of nitrogens with one attached hydrogen (secondary N) is 2.